The Balaban J connectivity index is 2.41. The van der Waals surface area contributed by atoms with Crippen molar-refractivity contribution in [3.63, 3.8) is 0 Å². The van der Waals surface area contributed by atoms with E-state index < -0.39 is 6.04 Å². The van der Waals surface area contributed by atoms with Gasteiger partial charge in [0.25, 0.3) is 0 Å². The molecule has 2 aromatic rings. The zero-order valence-electron chi connectivity index (χ0n) is 9.75. The molecule has 0 aliphatic rings. The molecular weight excluding hydrogens is 300 g/mol. The van der Waals surface area contributed by atoms with Crippen LogP contribution in [0.4, 0.5) is 8.78 Å². The summed E-state index contributed by atoms with van der Waals surface area (Å²) < 4.78 is 26.8. The standard InChI is InChI=1S/C14H12BrF2N/c1-8-6-9(2-5-13(8)17)14(18)11-4-3-10(16)7-12(11)15/h2-7,14H,18H2,1H3. The Morgan fingerprint density at radius 1 is 1.11 bits per heavy atom. The molecule has 4 heteroatoms. The zero-order valence-corrected chi connectivity index (χ0v) is 11.3. The maximum atomic E-state index is 13.2. The minimum atomic E-state index is -0.417. The smallest absolute Gasteiger partial charge is 0.126 e. The summed E-state index contributed by atoms with van der Waals surface area (Å²) in [7, 11) is 0. The monoisotopic (exact) mass is 311 g/mol. The lowest BCUT2D eigenvalue weighted by Crippen LogP contribution is -2.13. The van der Waals surface area contributed by atoms with Gasteiger partial charge in [0.15, 0.2) is 0 Å². The lowest BCUT2D eigenvalue weighted by Gasteiger charge is -2.15. The van der Waals surface area contributed by atoms with Crippen LogP contribution in [0, 0.1) is 18.6 Å². The first-order valence-electron chi connectivity index (χ1n) is 5.45. The largest absolute Gasteiger partial charge is 0.320 e. The highest BCUT2D eigenvalue weighted by molar-refractivity contribution is 9.10. The van der Waals surface area contributed by atoms with E-state index in [9.17, 15) is 8.78 Å². The molecule has 1 unspecified atom stereocenters. The van der Waals surface area contributed by atoms with Gasteiger partial charge in [-0.1, -0.05) is 34.1 Å². The third kappa shape index (κ3) is 2.60. The van der Waals surface area contributed by atoms with E-state index in [1.165, 1.54) is 18.2 Å². The summed E-state index contributed by atoms with van der Waals surface area (Å²) in [4.78, 5) is 0. The van der Waals surface area contributed by atoms with Crippen LogP contribution in [0.5, 0.6) is 0 Å². The molecule has 18 heavy (non-hydrogen) atoms. The van der Waals surface area contributed by atoms with E-state index in [0.29, 0.717) is 10.0 Å². The summed E-state index contributed by atoms with van der Waals surface area (Å²) in [6.45, 7) is 1.69. The molecule has 0 saturated heterocycles. The normalized spacial score (nSPS) is 12.5. The Morgan fingerprint density at radius 2 is 1.83 bits per heavy atom. The summed E-state index contributed by atoms with van der Waals surface area (Å²) in [6, 6.07) is 8.67. The van der Waals surface area contributed by atoms with Crippen LogP contribution in [0.3, 0.4) is 0 Å². The molecule has 0 heterocycles. The molecule has 2 N–H and O–H groups in total. The van der Waals surface area contributed by atoms with Gasteiger partial charge in [0.1, 0.15) is 11.6 Å². The van der Waals surface area contributed by atoms with Gasteiger partial charge in [0, 0.05) is 4.47 Å². The summed E-state index contributed by atoms with van der Waals surface area (Å²) >= 11 is 3.28. The average molecular weight is 312 g/mol. The van der Waals surface area contributed by atoms with Crippen molar-refractivity contribution in [3.05, 3.63) is 69.2 Å². The van der Waals surface area contributed by atoms with Gasteiger partial charge in [-0.25, -0.2) is 8.78 Å². The molecule has 1 nitrogen and oxygen atoms in total. The maximum Gasteiger partial charge on any atom is 0.126 e. The molecule has 2 aromatic carbocycles. The molecule has 0 amide bonds. The zero-order chi connectivity index (χ0) is 13.3. The fourth-order valence-electron chi connectivity index (χ4n) is 1.79. The van der Waals surface area contributed by atoms with Crippen molar-refractivity contribution in [3.8, 4) is 0 Å². The van der Waals surface area contributed by atoms with Crippen molar-refractivity contribution < 1.29 is 8.78 Å². The first-order valence-corrected chi connectivity index (χ1v) is 6.25. The Labute approximate surface area is 113 Å². The summed E-state index contributed by atoms with van der Waals surface area (Å²) in [6.07, 6.45) is 0. The van der Waals surface area contributed by atoms with Crippen molar-refractivity contribution in [2.24, 2.45) is 5.73 Å². The summed E-state index contributed by atoms with van der Waals surface area (Å²) in [5, 5.41) is 0. The number of halogens is 3. The van der Waals surface area contributed by atoms with Crippen molar-refractivity contribution >= 4 is 15.9 Å². The Hall–Kier alpha value is -1.26. The summed E-state index contributed by atoms with van der Waals surface area (Å²) in [5.41, 5.74) is 8.21. The molecule has 0 spiro atoms. The first kappa shape index (κ1) is 13.2. The van der Waals surface area contributed by atoms with Gasteiger partial charge >= 0.3 is 0 Å². The van der Waals surface area contributed by atoms with Crippen LogP contribution >= 0.6 is 15.9 Å². The molecule has 2 rings (SSSR count). The van der Waals surface area contributed by atoms with Gasteiger partial charge < -0.3 is 5.73 Å². The van der Waals surface area contributed by atoms with Crippen LogP contribution in [0.15, 0.2) is 40.9 Å². The lowest BCUT2D eigenvalue weighted by molar-refractivity contribution is 0.616. The van der Waals surface area contributed by atoms with Gasteiger partial charge in [-0.15, -0.1) is 0 Å². The highest BCUT2D eigenvalue weighted by Crippen LogP contribution is 2.28. The Morgan fingerprint density at radius 3 is 2.44 bits per heavy atom. The number of aryl methyl sites for hydroxylation is 1. The highest BCUT2D eigenvalue weighted by atomic mass is 79.9. The van der Waals surface area contributed by atoms with Gasteiger partial charge in [0.2, 0.25) is 0 Å². The van der Waals surface area contributed by atoms with Crippen LogP contribution in [0.1, 0.15) is 22.7 Å². The average Bonchev–Trinajstić information content (AvgIpc) is 2.32. The number of hydrogen-bond donors (Lipinski definition) is 1. The third-order valence-corrected chi connectivity index (χ3v) is 3.53. The van der Waals surface area contributed by atoms with Crippen LogP contribution in [0.2, 0.25) is 0 Å². The van der Waals surface area contributed by atoms with E-state index in [2.05, 4.69) is 15.9 Å². The summed E-state index contributed by atoms with van der Waals surface area (Å²) in [5.74, 6) is -0.586. The maximum absolute atomic E-state index is 13.2. The van der Waals surface area contributed by atoms with Gasteiger partial charge in [-0.2, -0.15) is 0 Å². The SMILES string of the molecule is Cc1cc(C(N)c2ccc(F)cc2Br)ccc1F. The van der Waals surface area contributed by atoms with E-state index in [1.807, 2.05) is 0 Å². The van der Waals surface area contributed by atoms with Crippen LogP contribution in [0.25, 0.3) is 0 Å². The van der Waals surface area contributed by atoms with Crippen molar-refractivity contribution in [2.75, 3.05) is 0 Å². The molecule has 0 aromatic heterocycles. The van der Waals surface area contributed by atoms with E-state index in [-0.39, 0.29) is 11.6 Å². The molecule has 94 valence electrons. The van der Waals surface area contributed by atoms with E-state index in [4.69, 9.17) is 5.73 Å². The van der Waals surface area contributed by atoms with Crippen LogP contribution in [-0.4, -0.2) is 0 Å². The Kier molecular flexibility index (Phi) is 3.78. The fraction of sp³-hybridized carbons (Fsp3) is 0.143. The van der Waals surface area contributed by atoms with Gasteiger partial charge in [0.05, 0.1) is 6.04 Å². The van der Waals surface area contributed by atoms with E-state index >= 15 is 0 Å². The minimum Gasteiger partial charge on any atom is -0.320 e. The van der Waals surface area contributed by atoms with E-state index in [0.717, 1.165) is 11.1 Å². The Bertz CT molecular complexity index is 584. The lowest BCUT2D eigenvalue weighted by atomic mass is 9.98. The van der Waals surface area contributed by atoms with E-state index in [1.54, 1.807) is 25.1 Å². The van der Waals surface area contributed by atoms with Crippen molar-refractivity contribution in [1.82, 2.24) is 0 Å². The molecule has 0 saturated carbocycles. The fourth-order valence-corrected chi connectivity index (χ4v) is 2.39. The topological polar surface area (TPSA) is 26.0 Å². The molecule has 0 radical (unpaired) electrons. The molecule has 0 bridgehead atoms. The van der Waals surface area contributed by atoms with Crippen LogP contribution < -0.4 is 5.73 Å². The molecule has 0 fully saturated rings. The minimum absolute atomic E-state index is 0.260. The predicted octanol–water partition coefficient (Wildman–Crippen LogP) is 4.08. The number of rotatable bonds is 2. The van der Waals surface area contributed by atoms with Crippen molar-refractivity contribution in [2.45, 2.75) is 13.0 Å². The molecule has 0 aliphatic carbocycles. The number of benzene rings is 2. The van der Waals surface area contributed by atoms with Crippen LogP contribution in [-0.2, 0) is 0 Å². The number of nitrogens with two attached hydrogens (primary N) is 1. The second kappa shape index (κ2) is 5.16. The quantitative estimate of drug-likeness (QED) is 0.888. The highest BCUT2D eigenvalue weighted by Gasteiger charge is 2.13. The predicted molar refractivity (Wildman–Crippen MR) is 71.3 cm³/mol. The van der Waals surface area contributed by atoms with Gasteiger partial charge in [-0.3, -0.25) is 0 Å². The van der Waals surface area contributed by atoms with Gasteiger partial charge in [-0.05, 0) is 41.8 Å². The molecular formula is C14H12BrF2N. The molecule has 1 atom stereocenters. The second-order valence-electron chi connectivity index (χ2n) is 4.15. The molecule has 0 aliphatic heterocycles. The number of hydrogen-bond acceptors (Lipinski definition) is 1. The second-order valence-corrected chi connectivity index (χ2v) is 5.01. The van der Waals surface area contributed by atoms with Crippen molar-refractivity contribution in [1.29, 1.82) is 0 Å². The first-order chi connectivity index (χ1) is 8.49. The third-order valence-electron chi connectivity index (χ3n) is 2.84.